The molecule has 5 nitrogen and oxygen atoms in total. The molecule has 0 aromatic heterocycles. The fraction of sp³-hybridized carbons (Fsp3) is 0.571. The highest BCUT2D eigenvalue weighted by Crippen LogP contribution is 2.25. The largest absolute Gasteiger partial charge is 0.378 e. The van der Waals surface area contributed by atoms with E-state index in [0.717, 1.165) is 12.5 Å². The Bertz CT molecular complexity index is 464. The highest BCUT2D eigenvalue weighted by molar-refractivity contribution is 5.61. The van der Waals surface area contributed by atoms with Crippen molar-refractivity contribution in [3.63, 3.8) is 0 Å². The topological polar surface area (TPSA) is 58.4 Å². The fourth-order valence-electron chi connectivity index (χ4n) is 2.06. The van der Waals surface area contributed by atoms with E-state index in [0.29, 0.717) is 12.5 Å². The van der Waals surface area contributed by atoms with Crippen molar-refractivity contribution in [2.45, 2.75) is 26.3 Å². The van der Waals surface area contributed by atoms with Gasteiger partial charge in [0, 0.05) is 24.7 Å². The highest BCUT2D eigenvalue weighted by atomic mass is 19.1. The van der Waals surface area contributed by atoms with Gasteiger partial charge in [-0.05, 0) is 32.5 Å². The van der Waals surface area contributed by atoms with Gasteiger partial charge < -0.3 is 10.2 Å². The summed E-state index contributed by atoms with van der Waals surface area (Å²) in [5.74, 6) is 0.0371. The Morgan fingerprint density at radius 3 is 2.55 bits per heavy atom. The molecule has 112 valence electrons. The second-order valence-electron chi connectivity index (χ2n) is 5.55. The van der Waals surface area contributed by atoms with Crippen LogP contribution in [-0.2, 0) is 0 Å². The third-order valence-corrected chi connectivity index (χ3v) is 3.16. The summed E-state index contributed by atoms with van der Waals surface area (Å²) in [7, 11) is 3.93. The van der Waals surface area contributed by atoms with Crippen LogP contribution < -0.4 is 5.32 Å². The van der Waals surface area contributed by atoms with Crippen LogP contribution >= 0.6 is 0 Å². The van der Waals surface area contributed by atoms with Gasteiger partial charge in [-0.2, -0.15) is 0 Å². The molecule has 6 heteroatoms. The molecule has 0 bridgehead atoms. The number of anilines is 1. The van der Waals surface area contributed by atoms with E-state index < -0.39 is 10.7 Å². The van der Waals surface area contributed by atoms with Crippen LogP contribution in [0.4, 0.5) is 15.8 Å². The summed E-state index contributed by atoms with van der Waals surface area (Å²) in [5.41, 5.74) is 0.124. The fourth-order valence-corrected chi connectivity index (χ4v) is 2.06. The lowest BCUT2D eigenvalue weighted by atomic mass is 10.0. The van der Waals surface area contributed by atoms with Gasteiger partial charge in [-0.15, -0.1) is 0 Å². The zero-order chi connectivity index (χ0) is 15.3. The number of nitrogens with one attached hydrogen (secondary N) is 1. The van der Waals surface area contributed by atoms with Crippen LogP contribution in [0.25, 0.3) is 0 Å². The average molecular weight is 283 g/mol. The van der Waals surface area contributed by atoms with Gasteiger partial charge in [0.05, 0.1) is 4.92 Å². The zero-order valence-corrected chi connectivity index (χ0v) is 12.4. The van der Waals surface area contributed by atoms with Gasteiger partial charge in [0.15, 0.2) is 0 Å². The van der Waals surface area contributed by atoms with Crippen LogP contribution in [0.2, 0.25) is 0 Å². The molecule has 0 heterocycles. The van der Waals surface area contributed by atoms with Crippen LogP contribution in [0, 0.1) is 21.8 Å². The molecule has 0 amide bonds. The van der Waals surface area contributed by atoms with Crippen molar-refractivity contribution >= 4 is 11.4 Å². The number of rotatable bonds is 7. The molecule has 1 unspecified atom stereocenters. The number of nitrogens with zero attached hydrogens (tertiary/aromatic N) is 2. The molecule has 0 aliphatic heterocycles. The predicted octanol–water partition coefficient (Wildman–Crippen LogP) is 3.12. The lowest BCUT2D eigenvalue weighted by molar-refractivity contribution is -0.384. The van der Waals surface area contributed by atoms with Gasteiger partial charge in [-0.25, -0.2) is 4.39 Å². The first-order valence-electron chi connectivity index (χ1n) is 6.65. The van der Waals surface area contributed by atoms with Gasteiger partial charge in [0.1, 0.15) is 11.5 Å². The van der Waals surface area contributed by atoms with Gasteiger partial charge in [-0.1, -0.05) is 13.8 Å². The minimum atomic E-state index is -0.505. The molecule has 0 aliphatic carbocycles. The summed E-state index contributed by atoms with van der Waals surface area (Å²) in [4.78, 5) is 12.5. The van der Waals surface area contributed by atoms with Crippen LogP contribution in [0.3, 0.4) is 0 Å². The maximum absolute atomic E-state index is 13.2. The molecule has 1 aromatic rings. The summed E-state index contributed by atoms with van der Waals surface area (Å²) in [6, 6.07) is 3.68. The Kier molecular flexibility index (Phi) is 5.88. The number of likely N-dealkylation sites (N-methyl/N-ethyl adjacent to an activating group) is 1. The highest BCUT2D eigenvalue weighted by Gasteiger charge is 2.17. The second-order valence-corrected chi connectivity index (χ2v) is 5.55. The molecular formula is C14H22FN3O2. The van der Waals surface area contributed by atoms with Crippen molar-refractivity contribution < 1.29 is 9.31 Å². The van der Waals surface area contributed by atoms with E-state index in [2.05, 4.69) is 24.1 Å². The van der Waals surface area contributed by atoms with Crippen molar-refractivity contribution in [1.29, 1.82) is 0 Å². The van der Waals surface area contributed by atoms with E-state index in [1.165, 1.54) is 12.1 Å². The van der Waals surface area contributed by atoms with Crippen molar-refractivity contribution in [3.8, 4) is 0 Å². The Morgan fingerprint density at radius 1 is 1.40 bits per heavy atom. The van der Waals surface area contributed by atoms with E-state index in [-0.39, 0.29) is 17.4 Å². The standard InChI is InChI=1S/C14H22FN3O2/c1-10(2)7-12(17(3)4)9-16-13-8-11(15)5-6-14(13)18(19)20/h5-6,8,10,12,16H,7,9H2,1-4H3. The van der Waals surface area contributed by atoms with Crippen LogP contribution in [0.5, 0.6) is 0 Å². The molecule has 0 aliphatic rings. The summed E-state index contributed by atoms with van der Waals surface area (Å²) in [5, 5.41) is 13.9. The molecule has 0 saturated carbocycles. The quantitative estimate of drug-likeness (QED) is 0.617. The van der Waals surface area contributed by atoms with E-state index >= 15 is 0 Å². The molecule has 20 heavy (non-hydrogen) atoms. The maximum atomic E-state index is 13.2. The third-order valence-electron chi connectivity index (χ3n) is 3.16. The molecule has 1 rings (SSSR count). The third kappa shape index (κ3) is 4.77. The molecule has 1 atom stereocenters. The smallest absolute Gasteiger partial charge is 0.292 e. The number of nitro benzene ring substituents is 1. The summed E-state index contributed by atoms with van der Waals surface area (Å²) in [6.07, 6.45) is 0.961. The Morgan fingerprint density at radius 2 is 2.05 bits per heavy atom. The second kappa shape index (κ2) is 7.19. The van der Waals surface area contributed by atoms with Crippen LogP contribution in [0.15, 0.2) is 18.2 Å². The normalized spacial score (nSPS) is 12.8. The molecular weight excluding hydrogens is 261 g/mol. The monoisotopic (exact) mass is 283 g/mol. The van der Waals surface area contributed by atoms with E-state index in [9.17, 15) is 14.5 Å². The molecule has 0 spiro atoms. The Balaban J connectivity index is 2.81. The first-order valence-corrected chi connectivity index (χ1v) is 6.65. The number of benzene rings is 1. The number of halogens is 1. The van der Waals surface area contributed by atoms with Gasteiger partial charge in [0.2, 0.25) is 0 Å². The van der Waals surface area contributed by atoms with Crippen molar-refractivity contribution in [3.05, 3.63) is 34.1 Å². The van der Waals surface area contributed by atoms with E-state index in [1.807, 2.05) is 14.1 Å². The average Bonchev–Trinajstić information content (AvgIpc) is 2.33. The lowest BCUT2D eigenvalue weighted by Gasteiger charge is -2.26. The Labute approximate surface area is 118 Å². The minimum absolute atomic E-state index is 0.103. The zero-order valence-electron chi connectivity index (χ0n) is 12.4. The van der Waals surface area contributed by atoms with Crippen molar-refractivity contribution in [2.24, 2.45) is 5.92 Å². The lowest BCUT2D eigenvalue weighted by Crippen LogP contribution is -2.35. The first kappa shape index (κ1) is 16.4. The van der Waals surface area contributed by atoms with E-state index in [1.54, 1.807) is 0 Å². The van der Waals surface area contributed by atoms with Crippen LogP contribution in [0.1, 0.15) is 20.3 Å². The number of nitro groups is 1. The van der Waals surface area contributed by atoms with Crippen molar-refractivity contribution in [1.82, 2.24) is 4.90 Å². The number of hydrogen-bond acceptors (Lipinski definition) is 4. The molecule has 0 saturated heterocycles. The van der Waals surface area contributed by atoms with E-state index in [4.69, 9.17) is 0 Å². The minimum Gasteiger partial charge on any atom is -0.378 e. The molecule has 0 radical (unpaired) electrons. The summed E-state index contributed by atoms with van der Waals surface area (Å²) < 4.78 is 13.2. The molecule has 1 N–H and O–H groups in total. The van der Waals surface area contributed by atoms with Crippen LogP contribution in [-0.4, -0.2) is 36.5 Å². The predicted molar refractivity (Wildman–Crippen MR) is 78.5 cm³/mol. The first-order chi connectivity index (χ1) is 9.31. The molecule has 1 aromatic carbocycles. The Hall–Kier alpha value is -1.69. The maximum Gasteiger partial charge on any atom is 0.292 e. The summed E-state index contributed by atoms with van der Waals surface area (Å²) >= 11 is 0. The van der Waals surface area contributed by atoms with Gasteiger partial charge in [-0.3, -0.25) is 10.1 Å². The number of hydrogen-bond donors (Lipinski definition) is 1. The SMILES string of the molecule is CC(C)CC(CNc1cc(F)ccc1[N+](=O)[O-])N(C)C. The van der Waals surface area contributed by atoms with Gasteiger partial charge in [0.25, 0.3) is 5.69 Å². The van der Waals surface area contributed by atoms with Crippen molar-refractivity contribution in [2.75, 3.05) is 26.0 Å². The summed E-state index contributed by atoms with van der Waals surface area (Å²) in [6.45, 7) is 4.79. The molecule has 0 fully saturated rings. The van der Waals surface area contributed by atoms with Gasteiger partial charge >= 0.3 is 0 Å².